The Morgan fingerprint density at radius 1 is 1.19 bits per heavy atom. The molecule has 2 aliphatic rings. The molecule has 1 aliphatic carbocycles. The average molecular weight is 405 g/mol. The monoisotopic (exact) mass is 404 g/mol. The molecule has 148 valence electrons. The standard InChI is InChI=1S/C19H28N2O3.2ClH/c1-14(22)24-18-8-7-16(13-17(18)23)19(15-5-3-2-4-6-15)21-11-9-20-10-12-21;;/h7-8,13,15,19-20,23H,2-6,9-12H2,1H3;2*1H/t19-;;/m0../s1. The first-order chi connectivity index (χ1) is 11.6. The fourth-order valence-electron chi connectivity index (χ4n) is 4.15. The summed E-state index contributed by atoms with van der Waals surface area (Å²) < 4.78 is 5.06. The summed E-state index contributed by atoms with van der Waals surface area (Å²) in [4.78, 5) is 13.7. The fourth-order valence-corrected chi connectivity index (χ4v) is 4.15. The van der Waals surface area contributed by atoms with E-state index in [0.29, 0.717) is 12.0 Å². The molecule has 1 atom stereocenters. The molecule has 1 saturated carbocycles. The maximum Gasteiger partial charge on any atom is 0.308 e. The summed E-state index contributed by atoms with van der Waals surface area (Å²) in [6, 6.07) is 5.87. The SMILES string of the molecule is CC(=O)Oc1ccc([C@H](C2CCCCC2)N2CCNCC2)cc1O.Cl.Cl. The van der Waals surface area contributed by atoms with E-state index in [1.165, 1.54) is 39.0 Å². The molecule has 1 heterocycles. The molecular formula is C19H30Cl2N2O3. The van der Waals surface area contributed by atoms with E-state index >= 15 is 0 Å². The van der Waals surface area contributed by atoms with Gasteiger partial charge >= 0.3 is 5.97 Å². The minimum Gasteiger partial charge on any atom is -0.504 e. The topological polar surface area (TPSA) is 61.8 Å². The Hall–Kier alpha value is -1.01. The van der Waals surface area contributed by atoms with Gasteiger partial charge in [-0.2, -0.15) is 0 Å². The number of phenols is 1. The number of piperazine rings is 1. The molecule has 1 aliphatic heterocycles. The van der Waals surface area contributed by atoms with Crippen molar-refractivity contribution in [3.8, 4) is 11.5 Å². The zero-order chi connectivity index (χ0) is 16.9. The number of nitrogens with one attached hydrogen (secondary N) is 1. The molecule has 0 unspecified atom stereocenters. The van der Waals surface area contributed by atoms with E-state index in [9.17, 15) is 9.90 Å². The molecule has 2 N–H and O–H groups in total. The Bertz CT molecular complexity index is 556. The maximum absolute atomic E-state index is 11.1. The zero-order valence-corrected chi connectivity index (χ0v) is 16.9. The van der Waals surface area contributed by atoms with Gasteiger partial charge in [-0.25, -0.2) is 0 Å². The van der Waals surface area contributed by atoms with Crippen LogP contribution < -0.4 is 10.1 Å². The molecule has 0 bridgehead atoms. The molecule has 1 saturated heterocycles. The molecule has 0 spiro atoms. The number of aromatic hydroxyl groups is 1. The first kappa shape index (κ1) is 23.0. The van der Waals surface area contributed by atoms with Gasteiger partial charge in [-0.3, -0.25) is 9.69 Å². The van der Waals surface area contributed by atoms with Crippen LogP contribution in [0.15, 0.2) is 18.2 Å². The number of nitrogens with zero attached hydrogens (tertiary/aromatic N) is 1. The minimum absolute atomic E-state index is 0. The number of ether oxygens (including phenoxy) is 1. The molecule has 26 heavy (non-hydrogen) atoms. The maximum atomic E-state index is 11.1. The van der Waals surface area contributed by atoms with Crippen molar-refractivity contribution in [3.63, 3.8) is 0 Å². The number of benzene rings is 1. The summed E-state index contributed by atoms with van der Waals surface area (Å²) in [6.45, 7) is 5.45. The molecule has 7 heteroatoms. The smallest absolute Gasteiger partial charge is 0.308 e. The van der Waals surface area contributed by atoms with E-state index < -0.39 is 5.97 Å². The quantitative estimate of drug-likeness (QED) is 0.591. The molecule has 1 aromatic carbocycles. The highest BCUT2D eigenvalue weighted by atomic mass is 35.5. The van der Waals surface area contributed by atoms with Crippen LogP contribution in [0.25, 0.3) is 0 Å². The van der Waals surface area contributed by atoms with E-state index in [2.05, 4.69) is 10.2 Å². The lowest BCUT2D eigenvalue weighted by molar-refractivity contribution is -0.132. The number of carbonyl (C=O) groups is 1. The first-order valence-corrected chi connectivity index (χ1v) is 9.11. The summed E-state index contributed by atoms with van der Waals surface area (Å²) in [5.41, 5.74) is 1.14. The van der Waals surface area contributed by atoms with E-state index in [0.717, 1.165) is 31.7 Å². The van der Waals surface area contributed by atoms with Crippen LogP contribution in [0.2, 0.25) is 0 Å². The third-order valence-electron chi connectivity index (χ3n) is 5.22. The van der Waals surface area contributed by atoms with E-state index in [1.807, 2.05) is 6.07 Å². The van der Waals surface area contributed by atoms with Crippen LogP contribution in [0.3, 0.4) is 0 Å². The van der Waals surface area contributed by atoms with Gasteiger partial charge in [0.05, 0.1) is 0 Å². The number of rotatable bonds is 4. The van der Waals surface area contributed by atoms with Crippen molar-refractivity contribution < 1.29 is 14.6 Å². The van der Waals surface area contributed by atoms with Gasteiger partial charge in [0.15, 0.2) is 11.5 Å². The average Bonchev–Trinajstić information content (AvgIpc) is 2.59. The van der Waals surface area contributed by atoms with Gasteiger partial charge in [0.2, 0.25) is 0 Å². The normalized spacial score (nSPS) is 19.7. The highest BCUT2D eigenvalue weighted by Gasteiger charge is 2.31. The Morgan fingerprint density at radius 2 is 1.85 bits per heavy atom. The summed E-state index contributed by atoms with van der Waals surface area (Å²) in [5, 5.41) is 13.7. The number of hydrogen-bond acceptors (Lipinski definition) is 5. The Labute approximate surface area is 168 Å². The summed E-state index contributed by atoms with van der Waals surface area (Å²) in [6.07, 6.45) is 6.43. The van der Waals surface area contributed by atoms with Crippen molar-refractivity contribution in [3.05, 3.63) is 23.8 Å². The molecule has 1 aromatic rings. The van der Waals surface area contributed by atoms with Crippen LogP contribution in [0.1, 0.15) is 50.6 Å². The van der Waals surface area contributed by atoms with Gasteiger partial charge in [-0.05, 0) is 36.5 Å². The van der Waals surface area contributed by atoms with Crippen LogP contribution in [-0.4, -0.2) is 42.2 Å². The molecule has 0 radical (unpaired) electrons. The molecule has 3 rings (SSSR count). The van der Waals surface area contributed by atoms with E-state index in [4.69, 9.17) is 4.74 Å². The Balaban J connectivity index is 0.00000169. The van der Waals surface area contributed by atoms with Crippen molar-refractivity contribution in [2.75, 3.05) is 26.2 Å². The second-order valence-electron chi connectivity index (χ2n) is 6.95. The molecule has 0 aromatic heterocycles. The zero-order valence-electron chi connectivity index (χ0n) is 15.3. The largest absolute Gasteiger partial charge is 0.504 e. The lowest BCUT2D eigenvalue weighted by atomic mass is 9.80. The molecule has 2 fully saturated rings. The molecule has 0 amide bonds. The van der Waals surface area contributed by atoms with Crippen molar-refractivity contribution in [2.45, 2.75) is 45.1 Å². The predicted molar refractivity (Wildman–Crippen MR) is 108 cm³/mol. The summed E-state index contributed by atoms with van der Waals surface area (Å²) in [5.74, 6) is 0.521. The highest BCUT2D eigenvalue weighted by molar-refractivity contribution is 5.85. The van der Waals surface area contributed by atoms with Crippen LogP contribution in [0, 0.1) is 5.92 Å². The predicted octanol–water partition coefficient (Wildman–Crippen LogP) is 3.69. The van der Waals surface area contributed by atoms with Gasteiger partial charge < -0.3 is 15.2 Å². The second kappa shape index (κ2) is 11.0. The minimum atomic E-state index is -0.413. The molecule has 5 nitrogen and oxygen atoms in total. The van der Waals surface area contributed by atoms with Gasteiger partial charge in [0.25, 0.3) is 0 Å². The van der Waals surface area contributed by atoms with Gasteiger partial charge in [-0.15, -0.1) is 24.8 Å². The number of carbonyl (C=O) groups excluding carboxylic acids is 1. The molecular weight excluding hydrogens is 375 g/mol. The van der Waals surface area contributed by atoms with Crippen LogP contribution in [0.4, 0.5) is 0 Å². The number of hydrogen-bond donors (Lipinski definition) is 2. The Morgan fingerprint density at radius 3 is 2.42 bits per heavy atom. The van der Waals surface area contributed by atoms with Gasteiger partial charge in [-0.1, -0.05) is 25.3 Å². The van der Waals surface area contributed by atoms with Crippen LogP contribution in [-0.2, 0) is 4.79 Å². The summed E-state index contributed by atoms with van der Waals surface area (Å²) in [7, 11) is 0. The van der Waals surface area contributed by atoms with Crippen molar-refractivity contribution in [1.82, 2.24) is 10.2 Å². The summed E-state index contributed by atoms with van der Waals surface area (Å²) >= 11 is 0. The second-order valence-corrected chi connectivity index (χ2v) is 6.95. The van der Waals surface area contributed by atoms with Crippen molar-refractivity contribution in [2.24, 2.45) is 5.92 Å². The Kier molecular flexibility index (Phi) is 9.72. The van der Waals surface area contributed by atoms with Crippen LogP contribution >= 0.6 is 24.8 Å². The number of esters is 1. The highest BCUT2D eigenvalue weighted by Crippen LogP contribution is 2.40. The van der Waals surface area contributed by atoms with E-state index in [-0.39, 0.29) is 36.3 Å². The number of halogens is 2. The van der Waals surface area contributed by atoms with Crippen molar-refractivity contribution in [1.29, 1.82) is 0 Å². The lowest BCUT2D eigenvalue weighted by Gasteiger charge is -2.41. The third kappa shape index (κ3) is 5.74. The van der Waals surface area contributed by atoms with Gasteiger partial charge in [0.1, 0.15) is 0 Å². The van der Waals surface area contributed by atoms with E-state index in [1.54, 1.807) is 12.1 Å². The number of phenolic OH excluding ortho intramolecular Hbond substituents is 1. The lowest BCUT2D eigenvalue weighted by Crippen LogP contribution is -2.47. The van der Waals surface area contributed by atoms with Crippen LogP contribution in [0.5, 0.6) is 11.5 Å². The van der Waals surface area contributed by atoms with Crippen molar-refractivity contribution >= 4 is 30.8 Å². The first-order valence-electron chi connectivity index (χ1n) is 9.11. The van der Waals surface area contributed by atoms with Gasteiger partial charge in [0, 0.05) is 39.1 Å². The third-order valence-corrected chi connectivity index (χ3v) is 5.22. The fraction of sp³-hybridized carbons (Fsp3) is 0.632.